The SMILES string of the molecule is CN1CCC(n2cc(-c3cc(C(N)CCN)c4ccccc4n3)cn2)CC1. The van der Waals surface area contributed by atoms with E-state index in [1.165, 1.54) is 0 Å². The number of nitrogens with two attached hydrogens (primary N) is 2. The van der Waals surface area contributed by atoms with Crippen molar-refractivity contribution < 1.29 is 0 Å². The van der Waals surface area contributed by atoms with E-state index in [1.807, 2.05) is 24.4 Å². The molecule has 3 heterocycles. The number of pyridine rings is 1. The minimum absolute atomic E-state index is 0.0921. The predicted octanol–water partition coefficient (Wildman–Crippen LogP) is 2.71. The molecule has 0 amide bonds. The van der Waals surface area contributed by atoms with E-state index in [1.54, 1.807) is 0 Å². The minimum atomic E-state index is -0.0921. The molecule has 6 heteroatoms. The lowest BCUT2D eigenvalue weighted by Gasteiger charge is -2.28. The maximum Gasteiger partial charge on any atom is 0.0744 e. The smallest absolute Gasteiger partial charge is 0.0744 e. The van der Waals surface area contributed by atoms with Crippen molar-refractivity contribution in [2.45, 2.75) is 31.3 Å². The highest BCUT2D eigenvalue weighted by molar-refractivity contribution is 5.85. The maximum absolute atomic E-state index is 6.42. The van der Waals surface area contributed by atoms with E-state index in [9.17, 15) is 0 Å². The highest BCUT2D eigenvalue weighted by atomic mass is 15.3. The fourth-order valence-electron chi connectivity index (χ4n) is 3.92. The number of likely N-dealkylation sites (tertiary alicyclic amines) is 1. The largest absolute Gasteiger partial charge is 0.330 e. The van der Waals surface area contributed by atoms with Crippen molar-refractivity contribution in [1.29, 1.82) is 0 Å². The van der Waals surface area contributed by atoms with Crippen molar-refractivity contribution in [1.82, 2.24) is 19.7 Å². The highest BCUT2D eigenvalue weighted by Crippen LogP contribution is 2.30. The van der Waals surface area contributed by atoms with Gasteiger partial charge in [0.05, 0.1) is 23.4 Å². The van der Waals surface area contributed by atoms with E-state index >= 15 is 0 Å². The maximum atomic E-state index is 6.42. The molecule has 1 atom stereocenters. The van der Waals surface area contributed by atoms with Gasteiger partial charge in [0, 0.05) is 23.2 Å². The van der Waals surface area contributed by atoms with Crippen LogP contribution in [-0.4, -0.2) is 46.3 Å². The number of hydrogen-bond donors (Lipinski definition) is 2. The summed E-state index contributed by atoms with van der Waals surface area (Å²) in [4.78, 5) is 7.24. The Morgan fingerprint density at radius 3 is 2.78 bits per heavy atom. The molecule has 4 rings (SSSR count). The van der Waals surface area contributed by atoms with E-state index in [4.69, 9.17) is 16.5 Å². The molecule has 3 aromatic rings. The van der Waals surface area contributed by atoms with E-state index < -0.39 is 0 Å². The van der Waals surface area contributed by atoms with Crippen molar-refractivity contribution in [3.63, 3.8) is 0 Å². The average molecular weight is 364 g/mol. The van der Waals surface area contributed by atoms with Crippen LogP contribution in [0.25, 0.3) is 22.2 Å². The number of nitrogens with zero attached hydrogens (tertiary/aromatic N) is 4. The Morgan fingerprint density at radius 1 is 1.22 bits per heavy atom. The number of para-hydroxylation sites is 1. The molecular weight excluding hydrogens is 336 g/mol. The van der Waals surface area contributed by atoms with Gasteiger partial charge >= 0.3 is 0 Å². The molecular formula is C21H28N6. The molecule has 1 unspecified atom stereocenters. The zero-order chi connectivity index (χ0) is 18.8. The Morgan fingerprint density at radius 2 is 2.00 bits per heavy atom. The quantitative estimate of drug-likeness (QED) is 0.727. The second-order valence-corrected chi connectivity index (χ2v) is 7.54. The van der Waals surface area contributed by atoms with Gasteiger partial charge in [-0.15, -0.1) is 0 Å². The lowest BCUT2D eigenvalue weighted by Crippen LogP contribution is -2.31. The van der Waals surface area contributed by atoms with E-state index in [0.29, 0.717) is 12.6 Å². The topological polar surface area (TPSA) is 86.0 Å². The number of benzene rings is 1. The molecule has 2 aromatic heterocycles. The summed E-state index contributed by atoms with van der Waals surface area (Å²) in [6.45, 7) is 2.81. The van der Waals surface area contributed by atoms with Gasteiger partial charge in [-0.25, -0.2) is 4.98 Å². The fourth-order valence-corrected chi connectivity index (χ4v) is 3.92. The second-order valence-electron chi connectivity index (χ2n) is 7.54. The number of aromatic nitrogens is 3. The molecule has 0 aliphatic carbocycles. The highest BCUT2D eigenvalue weighted by Gasteiger charge is 2.20. The normalized spacial score (nSPS) is 17.4. The third-order valence-electron chi connectivity index (χ3n) is 5.58. The molecule has 1 fully saturated rings. The molecule has 1 aliphatic rings. The Bertz CT molecular complexity index is 910. The molecule has 0 saturated carbocycles. The zero-order valence-electron chi connectivity index (χ0n) is 15.9. The first kappa shape index (κ1) is 18.1. The van der Waals surface area contributed by atoms with E-state index in [2.05, 4.69) is 40.1 Å². The van der Waals surface area contributed by atoms with Crippen LogP contribution in [0.15, 0.2) is 42.7 Å². The van der Waals surface area contributed by atoms with Crippen LogP contribution in [0.3, 0.4) is 0 Å². The molecule has 0 spiro atoms. The van der Waals surface area contributed by atoms with E-state index in [-0.39, 0.29) is 6.04 Å². The van der Waals surface area contributed by atoms with Crippen molar-refractivity contribution in [2.24, 2.45) is 11.5 Å². The lowest BCUT2D eigenvalue weighted by atomic mass is 9.98. The van der Waals surface area contributed by atoms with Gasteiger partial charge in [0.1, 0.15) is 0 Å². The van der Waals surface area contributed by atoms with Crippen molar-refractivity contribution >= 4 is 10.9 Å². The van der Waals surface area contributed by atoms with Crippen LogP contribution in [0.4, 0.5) is 0 Å². The molecule has 1 aromatic carbocycles. The van der Waals surface area contributed by atoms with Crippen LogP contribution >= 0.6 is 0 Å². The first-order chi connectivity index (χ1) is 13.2. The van der Waals surface area contributed by atoms with Crippen LogP contribution < -0.4 is 11.5 Å². The third-order valence-corrected chi connectivity index (χ3v) is 5.58. The standard InChI is InChI=1S/C21H28N6/c1-26-10-7-16(8-11-26)27-14-15(13-24-27)21-12-18(19(23)6-9-22)17-4-2-3-5-20(17)25-21/h2-5,12-14,16,19H,6-11,22-23H2,1H3. The molecule has 0 radical (unpaired) electrons. The van der Waals surface area contributed by atoms with Gasteiger partial charge in [-0.3, -0.25) is 4.68 Å². The Hall–Kier alpha value is -2.28. The average Bonchev–Trinajstić information content (AvgIpc) is 3.18. The molecule has 1 saturated heterocycles. The van der Waals surface area contributed by atoms with Gasteiger partial charge < -0.3 is 16.4 Å². The first-order valence-electron chi connectivity index (χ1n) is 9.74. The van der Waals surface area contributed by atoms with Crippen molar-refractivity contribution in [3.8, 4) is 11.3 Å². The number of hydrogen-bond acceptors (Lipinski definition) is 5. The summed E-state index contributed by atoms with van der Waals surface area (Å²) >= 11 is 0. The zero-order valence-corrected chi connectivity index (χ0v) is 15.9. The summed E-state index contributed by atoms with van der Waals surface area (Å²) in [5, 5.41) is 5.74. The minimum Gasteiger partial charge on any atom is -0.330 e. The van der Waals surface area contributed by atoms with Crippen LogP contribution in [0.1, 0.15) is 36.9 Å². The van der Waals surface area contributed by atoms with Gasteiger partial charge in [0.2, 0.25) is 0 Å². The first-order valence-corrected chi connectivity index (χ1v) is 9.74. The number of piperidine rings is 1. The second kappa shape index (κ2) is 7.76. The Kier molecular flexibility index (Phi) is 5.20. The molecule has 6 nitrogen and oxygen atoms in total. The molecule has 1 aliphatic heterocycles. The van der Waals surface area contributed by atoms with Crippen LogP contribution in [0.2, 0.25) is 0 Å². The third kappa shape index (κ3) is 3.74. The summed E-state index contributed by atoms with van der Waals surface area (Å²) in [6, 6.07) is 10.6. The summed E-state index contributed by atoms with van der Waals surface area (Å²) in [5.74, 6) is 0. The van der Waals surface area contributed by atoms with Gasteiger partial charge in [-0.1, -0.05) is 18.2 Å². The molecule has 142 valence electrons. The van der Waals surface area contributed by atoms with Gasteiger partial charge in [0.15, 0.2) is 0 Å². The van der Waals surface area contributed by atoms with Crippen LogP contribution in [0.5, 0.6) is 0 Å². The van der Waals surface area contributed by atoms with Crippen LogP contribution in [-0.2, 0) is 0 Å². The summed E-state index contributed by atoms with van der Waals surface area (Å²) in [6.07, 6.45) is 7.08. The van der Waals surface area contributed by atoms with Crippen molar-refractivity contribution in [2.75, 3.05) is 26.7 Å². The lowest BCUT2D eigenvalue weighted by molar-refractivity contribution is 0.212. The monoisotopic (exact) mass is 364 g/mol. The van der Waals surface area contributed by atoms with Crippen molar-refractivity contribution in [3.05, 3.63) is 48.3 Å². The molecule has 27 heavy (non-hydrogen) atoms. The summed E-state index contributed by atoms with van der Waals surface area (Å²) in [7, 11) is 2.18. The van der Waals surface area contributed by atoms with E-state index in [0.717, 1.165) is 60.1 Å². The number of rotatable bonds is 5. The predicted molar refractivity (Wildman–Crippen MR) is 109 cm³/mol. The van der Waals surface area contributed by atoms with Gasteiger partial charge in [0.25, 0.3) is 0 Å². The summed E-state index contributed by atoms with van der Waals surface area (Å²) in [5.41, 5.74) is 16.2. The Labute approximate surface area is 160 Å². The number of fused-ring (bicyclic) bond motifs is 1. The van der Waals surface area contributed by atoms with Crippen LogP contribution in [0, 0.1) is 0 Å². The molecule has 4 N–H and O–H groups in total. The summed E-state index contributed by atoms with van der Waals surface area (Å²) < 4.78 is 2.11. The fraction of sp³-hybridized carbons (Fsp3) is 0.429. The van der Waals surface area contributed by atoms with Gasteiger partial charge in [-0.2, -0.15) is 5.10 Å². The Balaban J connectivity index is 1.69. The van der Waals surface area contributed by atoms with Gasteiger partial charge in [-0.05, 0) is 63.6 Å². The molecule has 0 bridgehead atoms.